The fourth-order valence-corrected chi connectivity index (χ4v) is 4.36. The van der Waals surface area contributed by atoms with E-state index in [0.717, 1.165) is 28.9 Å². The van der Waals surface area contributed by atoms with Gasteiger partial charge in [0.25, 0.3) is 5.24 Å². The molecule has 1 amide bonds. The second kappa shape index (κ2) is 7.85. The Balaban J connectivity index is 1.64. The summed E-state index contributed by atoms with van der Waals surface area (Å²) in [6.07, 6.45) is 0. The van der Waals surface area contributed by atoms with E-state index in [9.17, 15) is 14.3 Å². The zero-order valence-electron chi connectivity index (χ0n) is 15.7. The molecular formula is C20H20ClFN4O2S. The molecular weight excluding hydrogens is 415 g/mol. The number of imidazole rings is 1. The predicted octanol–water partition coefficient (Wildman–Crippen LogP) is 4.34. The van der Waals surface area contributed by atoms with Crippen LogP contribution in [0.2, 0.25) is 5.02 Å². The Hall–Kier alpha value is -2.29. The van der Waals surface area contributed by atoms with E-state index in [0.29, 0.717) is 18.1 Å². The van der Waals surface area contributed by atoms with Gasteiger partial charge in [-0.1, -0.05) is 41.6 Å². The fraction of sp³-hybridized carbons (Fsp3) is 0.300. The highest BCUT2D eigenvalue weighted by atomic mass is 35.5. The van der Waals surface area contributed by atoms with Crippen molar-refractivity contribution >= 4 is 45.6 Å². The van der Waals surface area contributed by atoms with E-state index in [-0.39, 0.29) is 16.9 Å². The lowest BCUT2D eigenvalue weighted by Crippen LogP contribution is -2.36. The number of carbonyl (C=O) groups excluding carboxylic acids is 1. The Bertz CT molecular complexity index is 1080. The van der Waals surface area contributed by atoms with E-state index in [4.69, 9.17) is 11.6 Å². The minimum atomic E-state index is -0.924. The summed E-state index contributed by atoms with van der Waals surface area (Å²) in [6.45, 7) is 2.75. The number of fused-ring (bicyclic) bond motifs is 1. The van der Waals surface area contributed by atoms with Gasteiger partial charge in [-0.2, -0.15) is 0 Å². The number of aromatic nitrogens is 2. The van der Waals surface area contributed by atoms with Gasteiger partial charge < -0.3 is 20.3 Å². The number of aromatic amines is 1. The van der Waals surface area contributed by atoms with Gasteiger partial charge in [0, 0.05) is 18.8 Å². The summed E-state index contributed by atoms with van der Waals surface area (Å²) in [4.78, 5) is 21.6. The lowest BCUT2D eigenvalue weighted by Gasteiger charge is -2.29. The maximum atomic E-state index is 13.5. The van der Waals surface area contributed by atoms with Crippen molar-refractivity contribution in [2.45, 2.75) is 19.0 Å². The largest absolute Gasteiger partial charge is 0.394 e. The fourth-order valence-electron chi connectivity index (χ4n) is 3.36. The highest BCUT2D eigenvalue weighted by Crippen LogP contribution is 2.30. The zero-order valence-corrected chi connectivity index (χ0v) is 17.3. The number of amides is 1. The number of halogens is 2. The number of nitrogens with one attached hydrogen (secondary N) is 2. The van der Waals surface area contributed by atoms with Crippen molar-refractivity contribution in [2.75, 3.05) is 24.2 Å². The quantitative estimate of drug-likeness (QED) is 0.537. The SMILES string of the molecule is CC(CO)(Nc1nc2c(CN3CCSC3=O)cccc2[nH]1)c1ccc(F)c(Cl)c1. The van der Waals surface area contributed by atoms with Crippen molar-refractivity contribution in [3.63, 3.8) is 0 Å². The number of aliphatic hydroxyl groups is 1. The first kappa shape index (κ1) is 20.0. The first-order valence-electron chi connectivity index (χ1n) is 9.13. The van der Waals surface area contributed by atoms with Gasteiger partial charge in [0.1, 0.15) is 5.82 Å². The van der Waals surface area contributed by atoms with Crippen molar-refractivity contribution in [1.82, 2.24) is 14.9 Å². The number of H-pyrrole nitrogens is 1. The van der Waals surface area contributed by atoms with Gasteiger partial charge in [-0.3, -0.25) is 4.79 Å². The van der Waals surface area contributed by atoms with Crippen LogP contribution in [0.15, 0.2) is 36.4 Å². The summed E-state index contributed by atoms with van der Waals surface area (Å²) in [5, 5.41) is 13.3. The molecule has 1 aliphatic heterocycles. The van der Waals surface area contributed by atoms with Crippen LogP contribution in [-0.2, 0) is 12.1 Å². The number of carbonyl (C=O) groups is 1. The summed E-state index contributed by atoms with van der Waals surface area (Å²) in [6, 6.07) is 10.1. The molecule has 152 valence electrons. The minimum absolute atomic E-state index is 0.0102. The maximum absolute atomic E-state index is 13.5. The third-order valence-electron chi connectivity index (χ3n) is 5.07. The van der Waals surface area contributed by atoms with E-state index in [2.05, 4.69) is 15.3 Å². The summed E-state index contributed by atoms with van der Waals surface area (Å²) in [5.41, 5.74) is 2.23. The van der Waals surface area contributed by atoms with Gasteiger partial charge in [0.2, 0.25) is 5.95 Å². The average Bonchev–Trinajstić information content (AvgIpc) is 3.30. The average molecular weight is 435 g/mol. The topological polar surface area (TPSA) is 81.2 Å². The molecule has 1 unspecified atom stereocenters. The Labute approximate surface area is 176 Å². The molecule has 1 aromatic heterocycles. The van der Waals surface area contributed by atoms with Gasteiger partial charge in [-0.05, 0) is 36.2 Å². The van der Waals surface area contributed by atoms with Gasteiger partial charge in [-0.25, -0.2) is 9.37 Å². The minimum Gasteiger partial charge on any atom is -0.394 e. The van der Waals surface area contributed by atoms with Crippen LogP contribution in [0.25, 0.3) is 11.0 Å². The monoisotopic (exact) mass is 434 g/mol. The molecule has 1 saturated heterocycles. The van der Waals surface area contributed by atoms with Crippen LogP contribution in [0.5, 0.6) is 0 Å². The molecule has 2 aromatic carbocycles. The standard InChI is InChI=1S/C20H20ClFN4O2S/c1-20(11-27,13-5-6-15(22)14(21)9-13)25-18-23-16-4-2-3-12(17(16)24-18)10-26-7-8-29-19(26)28/h2-6,9,27H,7-8,10-11H2,1H3,(H2,23,24,25). The molecule has 1 aliphatic rings. The maximum Gasteiger partial charge on any atom is 0.282 e. The number of nitrogens with zero attached hydrogens (tertiary/aromatic N) is 2. The molecule has 0 saturated carbocycles. The number of anilines is 1. The molecule has 2 heterocycles. The van der Waals surface area contributed by atoms with Crippen LogP contribution in [-0.4, -0.2) is 44.1 Å². The van der Waals surface area contributed by atoms with Crippen molar-refractivity contribution < 1.29 is 14.3 Å². The molecule has 1 atom stereocenters. The highest BCUT2D eigenvalue weighted by molar-refractivity contribution is 8.13. The molecule has 29 heavy (non-hydrogen) atoms. The van der Waals surface area contributed by atoms with Crippen LogP contribution < -0.4 is 5.32 Å². The molecule has 6 nitrogen and oxygen atoms in total. The summed E-state index contributed by atoms with van der Waals surface area (Å²) < 4.78 is 13.5. The second-order valence-corrected chi connectivity index (χ2v) is 8.63. The van der Waals surface area contributed by atoms with Crippen molar-refractivity contribution in [3.05, 3.63) is 58.4 Å². The van der Waals surface area contributed by atoms with E-state index >= 15 is 0 Å². The molecule has 0 bridgehead atoms. The number of thioether (sulfide) groups is 1. The summed E-state index contributed by atoms with van der Waals surface area (Å²) in [7, 11) is 0. The molecule has 9 heteroatoms. The number of hydrogen-bond acceptors (Lipinski definition) is 5. The van der Waals surface area contributed by atoms with Crippen molar-refractivity contribution in [3.8, 4) is 0 Å². The molecule has 1 fully saturated rings. The third kappa shape index (κ3) is 3.92. The zero-order chi connectivity index (χ0) is 20.6. The van der Waals surface area contributed by atoms with Gasteiger partial charge in [0.05, 0.1) is 28.2 Å². The summed E-state index contributed by atoms with van der Waals surface area (Å²) >= 11 is 7.24. The Morgan fingerprint density at radius 3 is 2.93 bits per heavy atom. The molecule has 3 aromatic rings. The van der Waals surface area contributed by atoms with Gasteiger partial charge in [0.15, 0.2) is 0 Å². The number of aliphatic hydroxyl groups excluding tert-OH is 1. The van der Waals surface area contributed by atoms with Crippen LogP contribution in [0.4, 0.5) is 15.1 Å². The smallest absolute Gasteiger partial charge is 0.282 e. The first-order valence-corrected chi connectivity index (χ1v) is 10.5. The van der Waals surface area contributed by atoms with Crippen LogP contribution in [0, 0.1) is 5.82 Å². The second-order valence-electron chi connectivity index (χ2n) is 7.18. The predicted molar refractivity (Wildman–Crippen MR) is 114 cm³/mol. The lowest BCUT2D eigenvalue weighted by molar-refractivity contribution is 0.223. The van der Waals surface area contributed by atoms with E-state index in [1.54, 1.807) is 17.9 Å². The number of hydrogen-bond donors (Lipinski definition) is 3. The molecule has 4 rings (SSSR count). The van der Waals surface area contributed by atoms with Crippen LogP contribution in [0.1, 0.15) is 18.1 Å². The third-order valence-corrected chi connectivity index (χ3v) is 6.25. The molecule has 3 N–H and O–H groups in total. The molecule has 0 radical (unpaired) electrons. The normalized spacial score (nSPS) is 16.4. The van der Waals surface area contributed by atoms with Gasteiger partial charge in [-0.15, -0.1) is 0 Å². The number of para-hydroxylation sites is 1. The summed E-state index contributed by atoms with van der Waals surface area (Å²) in [5.74, 6) is 0.752. The van der Waals surface area contributed by atoms with E-state index in [1.165, 1.54) is 23.9 Å². The van der Waals surface area contributed by atoms with Crippen molar-refractivity contribution in [2.24, 2.45) is 0 Å². The Kier molecular flexibility index (Phi) is 5.42. The first-order chi connectivity index (χ1) is 13.9. The Morgan fingerprint density at radius 2 is 2.24 bits per heavy atom. The lowest BCUT2D eigenvalue weighted by atomic mass is 9.93. The van der Waals surface area contributed by atoms with E-state index < -0.39 is 11.4 Å². The van der Waals surface area contributed by atoms with Crippen molar-refractivity contribution in [1.29, 1.82) is 0 Å². The molecule has 0 spiro atoms. The van der Waals surface area contributed by atoms with Gasteiger partial charge >= 0.3 is 0 Å². The van der Waals surface area contributed by atoms with E-state index in [1.807, 2.05) is 18.2 Å². The van der Waals surface area contributed by atoms with Crippen LogP contribution >= 0.6 is 23.4 Å². The van der Waals surface area contributed by atoms with Crippen LogP contribution in [0.3, 0.4) is 0 Å². The highest BCUT2D eigenvalue weighted by Gasteiger charge is 2.28. The number of benzene rings is 2. The molecule has 0 aliphatic carbocycles. The Morgan fingerprint density at radius 1 is 1.41 bits per heavy atom. The number of rotatable bonds is 6.